The van der Waals surface area contributed by atoms with Gasteiger partial charge in [0.05, 0.1) is 11.4 Å². The maximum atomic E-state index is 8.66. The Morgan fingerprint density at radius 2 is 2.15 bits per heavy atom. The molecule has 0 amide bonds. The van der Waals surface area contributed by atoms with Crippen LogP contribution in [0, 0.1) is 0 Å². The number of nitrogens with zero attached hydrogens (tertiary/aromatic N) is 1. The summed E-state index contributed by atoms with van der Waals surface area (Å²) in [4.78, 5) is 1.01. The van der Waals surface area contributed by atoms with E-state index in [2.05, 4.69) is 5.16 Å². The normalized spacial score (nSPS) is 11.4. The number of rotatable bonds is 5. The average molecular weight is 313 g/mol. The molecule has 0 aliphatic rings. The second-order valence-electron chi connectivity index (χ2n) is 3.85. The highest BCUT2D eigenvalue weighted by atomic mass is 35.5. The van der Waals surface area contributed by atoms with Crippen LogP contribution in [0.5, 0.6) is 11.5 Å². The van der Waals surface area contributed by atoms with Crippen LogP contribution in [-0.4, -0.2) is 18.2 Å². The van der Waals surface area contributed by atoms with Crippen LogP contribution >= 0.6 is 22.9 Å². The number of amidine groups is 1. The molecule has 0 radical (unpaired) electrons. The van der Waals surface area contributed by atoms with Gasteiger partial charge in [-0.1, -0.05) is 16.8 Å². The Morgan fingerprint density at radius 3 is 2.75 bits per heavy atom. The SMILES string of the molecule is COc1cc(/C(N)=N/O)ccc1OCc1ccc(Cl)s1. The molecule has 20 heavy (non-hydrogen) atoms. The summed E-state index contributed by atoms with van der Waals surface area (Å²) in [5.74, 6) is 1.10. The van der Waals surface area contributed by atoms with Crippen LogP contribution in [0.15, 0.2) is 35.5 Å². The zero-order chi connectivity index (χ0) is 14.5. The fraction of sp³-hybridized carbons (Fsp3) is 0.154. The number of methoxy groups -OCH3 is 1. The second-order valence-corrected chi connectivity index (χ2v) is 5.65. The molecule has 7 heteroatoms. The van der Waals surface area contributed by atoms with Crippen LogP contribution in [0.4, 0.5) is 0 Å². The third kappa shape index (κ3) is 3.34. The van der Waals surface area contributed by atoms with Crippen molar-refractivity contribution in [3.05, 3.63) is 45.1 Å². The van der Waals surface area contributed by atoms with E-state index < -0.39 is 0 Å². The molecule has 0 unspecified atom stereocenters. The highest BCUT2D eigenvalue weighted by Crippen LogP contribution is 2.30. The van der Waals surface area contributed by atoms with Crippen molar-refractivity contribution in [1.29, 1.82) is 0 Å². The van der Waals surface area contributed by atoms with Gasteiger partial charge in [-0.15, -0.1) is 11.3 Å². The molecule has 3 N–H and O–H groups in total. The number of ether oxygens (including phenoxy) is 2. The Morgan fingerprint density at radius 1 is 1.35 bits per heavy atom. The van der Waals surface area contributed by atoms with E-state index >= 15 is 0 Å². The smallest absolute Gasteiger partial charge is 0.170 e. The number of hydrogen-bond donors (Lipinski definition) is 2. The van der Waals surface area contributed by atoms with Crippen molar-refractivity contribution >= 4 is 28.8 Å². The first-order valence-corrected chi connectivity index (χ1v) is 6.86. The number of benzene rings is 1. The topological polar surface area (TPSA) is 77.1 Å². The van der Waals surface area contributed by atoms with Crippen LogP contribution in [0.3, 0.4) is 0 Å². The predicted molar refractivity (Wildman–Crippen MR) is 79.2 cm³/mol. The Hall–Kier alpha value is -1.92. The minimum atomic E-state index is 0.0138. The summed E-state index contributed by atoms with van der Waals surface area (Å²) < 4.78 is 11.6. The minimum Gasteiger partial charge on any atom is -0.493 e. The van der Waals surface area contributed by atoms with Crippen molar-refractivity contribution in [1.82, 2.24) is 0 Å². The van der Waals surface area contributed by atoms with Gasteiger partial charge in [-0.2, -0.15) is 0 Å². The highest BCUT2D eigenvalue weighted by molar-refractivity contribution is 7.16. The highest BCUT2D eigenvalue weighted by Gasteiger charge is 2.09. The van der Waals surface area contributed by atoms with Gasteiger partial charge in [0.25, 0.3) is 0 Å². The maximum Gasteiger partial charge on any atom is 0.170 e. The largest absolute Gasteiger partial charge is 0.493 e. The van der Waals surface area contributed by atoms with E-state index in [0.717, 1.165) is 9.21 Å². The summed E-state index contributed by atoms with van der Waals surface area (Å²) in [6.45, 7) is 0.399. The van der Waals surface area contributed by atoms with Crippen LogP contribution < -0.4 is 15.2 Å². The number of nitrogens with two attached hydrogens (primary N) is 1. The molecular weight excluding hydrogens is 300 g/mol. The molecule has 0 saturated heterocycles. The summed E-state index contributed by atoms with van der Waals surface area (Å²) in [6.07, 6.45) is 0. The maximum absolute atomic E-state index is 8.66. The average Bonchev–Trinajstić information content (AvgIpc) is 2.89. The first-order chi connectivity index (χ1) is 9.63. The van der Waals surface area contributed by atoms with E-state index in [0.29, 0.717) is 23.7 Å². The lowest BCUT2D eigenvalue weighted by Crippen LogP contribution is -2.13. The van der Waals surface area contributed by atoms with E-state index in [1.54, 1.807) is 18.2 Å². The molecule has 1 aromatic carbocycles. The van der Waals surface area contributed by atoms with Gasteiger partial charge in [-0.25, -0.2) is 0 Å². The summed E-state index contributed by atoms with van der Waals surface area (Å²) in [7, 11) is 1.53. The van der Waals surface area contributed by atoms with Gasteiger partial charge in [0.1, 0.15) is 6.61 Å². The van der Waals surface area contributed by atoms with E-state index in [9.17, 15) is 0 Å². The molecular formula is C13H13ClN2O3S. The lowest BCUT2D eigenvalue weighted by molar-refractivity contribution is 0.287. The molecule has 1 heterocycles. The first-order valence-electron chi connectivity index (χ1n) is 5.67. The fourth-order valence-electron chi connectivity index (χ4n) is 1.58. The van der Waals surface area contributed by atoms with Crippen LogP contribution in [0.2, 0.25) is 4.34 Å². The van der Waals surface area contributed by atoms with E-state index in [4.69, 9.17) is 32.0 Å². The molecule has 5 nitrogen and oxygen atoms in total. The van der Waals surface area contributed by atoms with Crippen molar-refractivity contribution < 1.29 is 14.7 Å². The molecule has 106 valence electrons. The Kier molecular flexibility index (Phi) is 4.70. The molecule has 0 aliphatic carbocycles. The van der Waals surface area contributed by atoms with Crippen molar-refractivity contribution in [2.75, 3.05) is 7.11 Å². The van der Waals surface area contributed by atoms with E-state index in [-0.39, 0.29) is 5.84 Å². The molecule has 2 aromatic rings. The molecule has 0 atom stereocenters. The van der Waals surface area contributed by atoms with E-state index in [1.165, 1.54) is 18.4 Å². The molecule has 0 bridgehead atoms. The summed E-state index contributed by atoms with van der Waals surface area (Å²) in [6, 6.07) is 8.77. The van der Waals surface area contributed by atoms with E-state index in [1.807, 2.05) is 12.1 Å². The third-order valence-corrected chi connectivity index (χ3v) is 3.77. The van der Waals surface area contributed by atoms with Crippen LogP contribution in [0.25, 0.3) is 0 Å². The standard InChI is InChI=1S/C13H13ClN2O3S/c1-18-11-6-8(13(15)16-17)2-4-10(11)19-7-9-3-5-12(14)20-9/h2-6,17H,7H2,1H3,(H2,15,16). The zero-order valence-corrected chi connectivity index (χ0v) is 12.2. The summed E-state index contributed by atoms with van der Waals surface area (Å²) in [5, 5.41) is 11.6. The molecule has 0 spiro atoms. The van der Waals surface area contributed by atoms with Crippen molar-refractivity contribution in [2.24, 2.45) is 10.9 Å². The van der Waals surface area contributed by atoms with Crippen LogP contribution in [0.1, 0.15) is 10.4 Å². The number of thiophene rings is 1. The molecule has 0 aliphatic heterocycles. The molecule has 2 rings (SSSR count). The monoisotopic (exact) mass is 312 g/mol. The van der Waals surface area contributed by atoms with Gasteiger partial charge >= 0.3 is 0 Å². The van der Waals surface area contributed by atoms with Crippen molar-refractivity contribution in [3.8, 4) is 11.5 Å². The second kappa shape index (κ2) is 6.49. The van der Waals surface area contributed by atoms with Gasteiger partial charge in [-0.3, -0.25) is 0 Å². The lowest BCUT2D eigenvalue weighted by Gasteiger charge is -2.11. The Balaban J connectivity index is 2.15. The molecule has 0 fully saturated rings. The number of hydrogen-bond acceptors (Lipinski definition) is 5. The van der Waals surface area contributed by atoms with Crippen LogP contribution in [-0.2, 0) is 6.61 Å². The lowest BCUT2D eigenvalue weighted by atomic mass is 10.2. The predicted octanol–water partition coefficient (Wildman–Crippen LogP) is 3.08. The number of halogens is 1. The quantitative estimate of drug-likeness (QED) is 0.385. The summed E-state index contributed by atoms with van der Waals surface area (Å²) in [5.41, 5.74) is 6.08. The van der Waals surface area contributed by atoms with Gasteiger partial charge < -0.3 is 20.4 Å². The van der Waals surface area contributed by atoms with Gasteiger partial charge in [-0.05, 0) is 30.3 Å². The van der Waals surface area contributed by atoms with Crippen molar-refractivity contribution in [2.45, 2.75) is 6.61 Å². The third-order valence-electron chi connectivity index (χ3n) is 2.57. The zero-order valence-electron chi connectivity index (χ0n) is 10.7. The molecule has 0 saturated carbocycles. The van der Waals surface area contributed by atoms with Crippen molar-refractivity contribution in [3.63, 3.8) is 0 Å². The Labute approximate surface area is 125 Å². The fourth-order valence-corrected chi connectivity index (χ4v) is 2.58. The molecule has 1 aromatic heterocycles. The number of oxime groups is 1. The minimum absolute atomic E-state index is 0.0138. The van der Waals surface area contributed by atoms with Gasteiger partial charge in [0.2, 0.25) is 0 Å². The first kappa shape index (κ1) is 14.5. The Bertz CT molecular complexity index is 628. The van der Waals surface area contributed by atoms with Gasteiger partial charge in [0.15, 0.2) is 17.3 Å². The summed E-state index contributed by atoms with van der Waals surface area (Å²) >= 11 is 7.32. The van der Waals surface area contributed by atoms with Gasteiger partial charge in [0, 0.05) is 10.4 Å².